The molecule has 0 bridgehead atoms. The topological polar surface area (TPSA) is 65.4 Å². The zero-order valence-electron chi connectivity index (χ0n) is 10.2. The number of methoxy groups -OCH3 is 1. The normalized spacial score (nSPS) is 10.8. The van der Waals surface area contributed by atoms with Gasteiger partial charge in [0, 0.05) is 11.9 Å². The van der Waals surface area contributed by atoms with Gasteiger partial charge in [-0.15, -0.1) is 10.2 Å². The molecule has 2 aromatic heterocycles. The van der Waals surface area contributed by atoms with Crippen molar-refractivity contribution in [2.75, 3.05) is 12.8 Å². The molecule has 2 N–H and O–H groups in total. The van der Waals surface area contributed by atoms with Crippen LogP contribution in [0.15, 0.2) is 36.5 Å². The van der Waals surface area contributed by atoms with Gasteiger partial charge in [0.05, 0.1) is 12.7 Å². The fraction of sp³-hybridized carbons (Fsp3) is 0.0769. The van der Waals surface area contributed by atoms with E-state index >= 15 is 0 Å². The number of nitrogen functional groups attached to an aromatic ring is 1. The van der Waals surface area contributed by atoms with Crippen molar-refractivity contribution in [1.29, 1.82) is 0 Å². The average Bonchev–Trinajstić information content (AvgIpc) is 2.81. The van der Waals surface area contributed by atoms with Gasteiger partial charge in [-0.1, -0.05) is 6.07 Å². The third kappa shape index (κ3) is 1.77. The summed E-state index contributed by atoms with van der Waals surface area (Å²) in [6.07, 6.45) is 1.65. The van der Waals surface area contributed by atoms with E-state index in [1.165, 1.54) is 13.2 Å². The minimum Gasteiger partial charge on any atom is -0.496 e. The lowest BCUT2D eigenvalue weighted by Gasteiger charge is -2.08. The Kier molecular flexibility index (Phi) is 2.56. The predicted molar refractivity (Wildman–Crippen MR) is 69.3 cm³/mol. The van der Waals surface area contributed by atoms with Crippen LogP contribution < -0.4 is 10.5 Å². The van der Waals surface area contributed by atoms with Crippen molar-refractivity contribution in [3.05, 3.63) is 42.3 Å². The zero-order valence-corrected chi connectivity index (χ0v) is 10.2. The number of anilines is 1. The number of nitrogens with two attached hydrogens (primary N) is 1. The molecule has 6 heteroatoms. The number of aromatic nitrogens is 3. The van der Waals surface area contributed by atoms with Crippen LogP contribution in [0.1, 0.15) is 0 Å². The molecule has 0 unspecified atom stereocenters. The maximum atomic E-state index is 14.0. The first-order valence-electron chi connectivity index (χ1n) is 5.64. The number of benzene rings is 1. The Balaban J connectivity index is 2.33. The molecule has 3 aromatic rings. The molecular formula is C13H11FN4O. The lowest BCUT2D eigenvalue weighted by Crippen LogP contribution is -1.97. The Morgan fingerprint density at radius 1 is 1.21 bits per heavy atom. The molecule has 1 aromatic carbocycles. The summed E-state index contributed by atoms with van der Waals surface area (Å²) in [7, 11) is 1.48. The molecule has 0 aliphatic heterocycles. The summed E-state index contributed by atoms with van der Waals surface area (Å²) in [5.74, 6) is 0.338. The first kappa shape index (κ1) is 11.5. The Labute approximate surface area is 108 Å². The van der Waals surface area contributed by atoms with E-state index in [0.717, 1.165) is 0 Å². The van der Waals surface area contributed by atoms with Gasteiger partial charge in [-0.2, -0.15) is 0 Å². The fourth-order valence-corrected chi connectivity index (χ4v) is 1.97. The number of rotatable bonds is 2. The smallest absolute Gasteiger partial charge is 0.175 e. The highest BCUT2D eigenvalue weighted by molar-refractivity contribution is 5.68. The summed E-state index contributed by atoms with van der Waals surface area (Å²) in [5.41, 5.74) is 7.14. The van der Waals surface area contributed by atoms with E-state index in [1.54, 1.807) is 34.9 Å². The lowest BCUT2D eigenvalue weighted by molar-refractivity contribution is 0.413. The molecule has 2 heterocycles. The Bertz CT molecular complexity index is 753. The molecule has 3 rings (SSSR count). The highest BCUT2D eigenvalue weighted by atomic mass is 19.1. The van der Waals surface area contributed by atoms with E-state index in [1.807, 2.05) is 0 Å². The first-order valence-corrected chi connectivity index (χ1v) is 5.64. The van der Waals surface area contributed by atoms with Crippen molar-refractivity contribution in [2.45, 2.75) is 0 Å². The molecule has 5 nitrogen and oxygen atoms in total. The van der Waals surface area contributed by atoms with Crippen molar-refractivity contribution < 1.29 is 9.13 Å². The number of ether oxygens (including phenoxy) is 1. The van der Waals surface area contributed by atoms with Crippen molar-refractivity contribution in [3.63, 3.8) is 0 Å². The molecule has 96 valence electrons. The molecule has 0 aliphatic rings. The average molecular weight is 258 g/mol. The van der Waals surface area contributed by atoms with E-state index in [2.05, 4.69) is 10.2 Å². The SMILES string of the molecule is COc1cccc(F)c1-c1nnc2ccc(N)cn12. The monoisotopic (exact) mass is 258 g/mol. The maximum Gasteiger partial charge on any atom is 0.175 e. The van der Waals surface area contributed by atoms with Crippen LogP contribution in [0.5, 0.6) is 5.75 Å². The highest BCUT2D eigenvalue weighted by Gasteiger charge is 2.17. The van der Waals surface area contributed by atoms with E-state index in [9.17, 15) is 4.39 Å². The van der Waals surface area contributed by atoms with Crippen LogP contribution in [0.4, 0.5) is 10.1 Å². The minimum absolute atomic E-state index is 0.267. The van der Waals surface area contributed by atoms with Crippen LogP contribution >= 0.6 is 0 Å². The quantitative estimate of drug-likeness (QED) is 0.764. The van der Waals surface area contributed by atoms with Gasteiger partial charge in [0.25, 0.3) is 0 Å². The molecule has 0 spiro atoms. The third-order valence-corrected chi connectivity index (χ3v) is 2.84. The molecule has 0 saturated heterocycles. The van der Waals surface area contributed by atoms with Gasteiger partial charge >= 0.3 is 0 Å². The minimum atomic E-state index is -0.420. The summed E-state index contributed by atoms with van der Waals surface area (Å²) in [6, 6.07) is 8.04. The van der Waals surface area contributed by atoms with Crippen molar-refractivity contribution in [2.24, 2.45) is 0 Å². The summed E-state index contributed by atoms with van der Waals surface area (Å²) < 4.78 is 20.8. The van der Waals surface area contributed by atoms with E-state index < -0.39 is 5.82 Å². The molecule has 0 fully saturated rings. The second kappa shape index (κ2) is 4.24. The summed E-state index contributed by atoms with van der Waals surface area (Å²) in [4.78, 5) is 0. The number of nitrogens with zero attached hydrogens (tertiary/aromatic N) is 3. The molecule has 0 amide bonds. The largest absolute Gasteiger partial charge is 0.496 e. The lowest BCUT2D eigenvalue weighted by atomic mass is 10.1. The highest BCUT2D eigenvalue weighted by Crippen LogP contribution is 2.31. The van der Waals surface area contributed by atoms with Crippen LogP contribution in [0.3, 0.4) is 0 Å². The maximum absolute atomic E-state index is 14.0. The molecule has 0 radical (unpaired) electrons. The van der Waals surface area contributed by atoms with E-state index in [-0.39, 0.29) is 5.56 Å². The van der Waals surface area contributed by atoms with Gasteiger partial charge in [-0.25, -0.2) is 4.39 Å². The number of pyridine rings is 1. The van der Waals surface area contributed by atoms with Gasteiger partial charge in [0.2, 0.25) is 0 Å². The van der Waals surface area contributed by atoms with Gasteiger partial charge in [0.15, 0.2) is 11.5 Å². The Hall–Kier alpha value is -2.63. The van der Waals surface area contributed by atoms with Crippen LogP contribution in [-0.2, 0) is 0 Å². The second-order valence-electron chi connectivity index (χ2n) is 4.03. The molecule has 19 heavy (non-hydrogen) atoms. The van der Waals surface area contributed by atoms with E-state index in [0.29, 0.717) is 22.9 Å². The number of fused-ring (bicyclic) bond motifs is 1. The Morgan fingerprint density at radius 2 is 2.05 bits per heavy atom. The summed E-state index contributed by atoms with van der Waals surface area (Å²) >= 11 is 0. The third-order valence-electron chi connectivity index (χ3n) is 2.84. The van der Waals surface area contributed by atoms with Crippen LogP contribution in [0.2, 0.25) is 0 Å². The predicted octanol–water partition coefficient (Wildman–Crippen LogP) is 2.13. The molecule has 0 aliphatic carbocycles. The van der Waals surface area contributed by atoms with Crippen molar-refractivity contribution >= 4 is 11.3 Å². The second-order valence-corrected chi connectivity index (χ2v) is 4.03. The molecular weight excluding hydrogens is 247 g/mol. The Morgan fingerprint density at radius 3 is 2.84 bits per heavy atom. The zero-order chi connectivity index (χ0) is 13.4. The van der Waals surface area contributed by atoms with Gasteiger partial charge in [0.1, 0.15) is 11.6 Å². The molecule has 0 atom stereocenters. The number of hydrogen-bond donors (Lipinski definition) is 1. The van der Waals surface area contributed by atoms with Gasteiger partial charge < -0.3 is 10.5 Å². The summed E-state index contributed by atoms with van der Waals surface area (Å²) in [5, 5.41) is 8.00. The molecule has 0 saturated carbocycles. The van der Waals surface area contributed by atoms with Crippen LogP contribution in [0.25, 0.3) is 17.0 Å². The van der Waals surface area contributed by atoms with Crippen molar-refractivity contribution in [1.82, 2.24) is 14.6 Å². The van der Waals surface area contributed by atoms with Gasteiger partial charge in [-0.3, -0.25) is 4.40 Å². The summed E-state index contributed by atoms with van der Waals surface area (Å²) in [6.45, 7) is 0. The first-order chi connectivity index (χ1) is 9.20. The van der Waals surface area contributed by atoms with E-state index in [4.69, 9.17) is 10.5 Å². The standard InChI is InChI=1S/C13H11FN4O/c1-19-10-4-2-3-9(14)12(10)13-17-16-11-6-5-8(15)7-18(11)13/h2-7H,15H2,1H3. The van der Waals surface area contributed by atoms with Crippen molar-refractivity contribution in [3.8, 4) is 17.1 Å². The number of halogens is 1. The fourth-order valence-electron chi connectivity index (χ4n) is 1.97. The van der Waals surface area contributed by atoms with Gasteiger partial charge in [-0.05, 0) is 24.3 Å². The number of hydrogen-bond acceptors (Lipinski definition) is 4. The van der Waals surface area contributed by atoms with Crippen LogP contribution in [-0.4, -0.2) is 21.7 Å². The van der Waals surface area contributed by atoms with Crippen LogP contribution in [0, 0.1) is 5.82 Å².